The predicted molar refractivity (Wildman–Crippen MR) is 76.2 cm³/mol. The minimum Gasteiger partial charge on any atom is -0.465 e. The van der Waals surface area contributed by atoms with Crippen LogP contribution in [0.2, 0.25) is 0 Å². The molecule has 0 aromatic heterocycles. The Kier molecular flexibility index (Phi) is 4.52. The Morgan fingerprint density at radius 2 is 2.14 bits per heavy atom. The van der Waals surface area contributed by atoms with Gasteiger partial charge in [0.05, 0.1) is 30.0 Å². The second-order valence-corrected chi connectivity index (χ2v) is 4.35. The third kappa shape index (κ3) is 3.57. The zero-order chi connectivity index (χ0) is 15.2. The van der Waals surface area contributed by atoms with Crippen LogP contribution in [-0.2, 0) is 11.3 Å². The number of nitrogens with zero attached hydrogens (tertiary/aromatic N) is 1. The number of hydrogen-bond donors (Lipinski definition) is 1. The van der Waals surface area contributed by atoms with Crippen molar-refractivity contribution < 1.29 is 13.9 Å². The summed E-state index contributed by atoms with van der Waals surface area (Å²) < 4.78 is 18.3. The minimum absolute atomic E-state index is 0.209. The van der Waals surface area contributed by atoms with Gasteiger partial charge in [-0.05, 0) is 35.9 Å². The van der Waals surface area contributed by atoms with Crippen LogP contribution in [0.25, 0.3) is 0 Å². The van der Waals surface area contributed by atoms with Gasteiger partial charge in [-0.1, -0.05) is 12.1 Å². The maximum absolute atomic E-state index is 13.7. The molecule has 2 aromatic carbocycles. The summed E-state index contributed by atoms with van der Waals surface area (Å²) >= 11 is 0. The van der Waals surface area contributed by atoms with Gasteiger partial charge in [0.25, 0.3) is 0 Å². The molecule has 0 saturated heterocycles. The molecule has 0 bridgehead atoms. The summed E-state index contributed by atoms with van der Waals surface area (Å²) in [5.74, 6) is -0.983. The van der Waals surface area contributed by atoms with E-state index < -0.39 is 11.8 Å². The van der Waals surface area contributed by atoms with E-state index in [1.165, 1.54) is 25.3 Å². The molecule has 0 amide bonds. The Morgan fingerprint density at radius 1 is 1.33 bits per heavy atom. The summed E-state index contributed by atoms with van der Waals surface area (Å²) in [5.41, 5.74) is 1.86. The molecule has 21 heavy (non-hydrogen) atoms. The molecule has 0 radical (unpaired) electrons. The summed E-state index contributed by atoms with van der Waals surface area (Å²) in [6.45, 7) is 0.344. The van der Waals surface area contributed by atoms with Gasteiger partial charge in [-0.15, -0.1) is 0 Å². The van der Waals surface area contributed by atoms with Gasteiger partial charge in [0, 0.05) is 6.54 Å². The van der Waals surface area contributed by atoms with Gasteiger partial charge in [-0.2, -0.15) is 5.26 Å². The largest absolute Gasteiger partial charge is 0.465 e. The Hall–Kier alpha value is -2.87. The van der Waals surface area contributed by atoms with Crippen molar-refractivity contribution in [3.63, 3.8) is 0 Å². The molecule has 0 aliphatic carbocycles. The Bertz CT molecular complexity index is 708. The fourth-order valence-electron chi connectivity index (χ4n) is 1.85. The molecule has 5 heteroatoms. The van der Waals surface area contributed by atoms with Crippen molar-refractivity contribution in [3.05, 3.63) is 65.0 Å². The number of halogens is 1. The van der Waals surface area contributed by atoms with E-state index in [1.807, 2.05) is 12.1 Å². The monoisotopic (exact) mass is 284 g/mol. The molecular weight excluding hydrogens is 271 g/mol. The Balaban J connectivity index is 2.15. The molecule has 0 aliphatic heterocycles. The number of rotatable bonds is 4. The lowest BCUT2D eigenvalue weighted by atomic mass is 10.1. The second-order valence-electron chi connectivity index (χ2n) is 4.35. The normalized spacial score (nSPS) is 9.76. The quantitative estimate of drug-likeness (QED) is 0.876. The maximum atomic E-state index is 13.7. The van der Waals surface area contributed by atoms with Crippen LogP contribution in [0.4, 0.5) is 10.1 Å². The van der Waals surface area contributed by atoms with Crippen molar-refractivity contribution in [2.75, 3.05) is 12.4 Å². The zero-order valence-corrected chi connectivity index (χ0v) is 11.4. The average Bonchev–Trinajstić information content (AvgIpc) is 2.53. The average molecular weight is 284 g/mol. The number of ether oxygens (including phenoxy) is 1. The highest BCUT2D eigenvalue weighted by atomic mass is 19.1. The first-order chi connectivity index (χ1) is 10.1. The van der Waals surface area contributed by atoms with Crippen LogP contribution in [0.15, 0.2) is 42.5 Å². The molecule has 0 aliphatic rings. The third-order valence-electron chi connectivity index (χ3n) is 2.93. The molecule has 0 heterocycles. The van der Waals surface area contributed by atoms with Crippen molar-refractivity contribution in [1.82, 2.24) is 0 Å². The Labute approximate surface area is 121 Å². The molecule has 0 fully saturated rings. The molecule has 4 nitrogen and oxygen atoms in total. The highest BCUT2D eigenvalue weighted by Crippen LogP contribution is 2.18. The van der Waals surface area contributed by atoms with Gasteiger partial charge in [0.1, 0.15) is 5.82 Å². The molecule has 1 N–H and O–H groups in total. The molecule has 2 rings (SSSR count). The third-order valence-corrected chi connectivity index (χ3v) is 2.93. The van der Waals surface area contributed by atoms with Crippen LogP contribution >= 0.6 is 0 Å². The topological polar surface area (TPSA) is 62.1 Å². The number of carbonyl (C=O) groups is 1. The number of hydrogen-bond acceptors (Lipinski definition) is 4. The standard InChI is InChI=1S/C16H13FN2O2/c1-21-16(20)13-5-6-14(17)15(8-13)19-10-12-4-2-3-11(7-12)9-18/h2-8,19H,10H2,1H3. The molecule has 0 spiro atoms. The number of methoxy groups -OCH3 is 1. The smallest absolute Gasteiger partial charge is 0.337 e. The summed E-state index contributed by atoms with van der Waals surface area (Å²) in [5, 5.41) is 11.7. The van der Waals surface area contributed by atoms with Gasteiger partial charge in [-0.3, -0.25) is 0 Å². The van der Waals surface area contributed by atoms with E-state index in [9.17, 15) is 9.18 Å². The fourth-order valence-corrected chi connectivity index (χ4v) is 1.85. The number of carbonyl (C=O) groups excluding carboxylic acids is 1. The molecule has 0 unspecified atom stereocenters. The van der Waals surface area contributed by atoms with Gasteiger partial charge in [0.2, 0.25) is 0 Å². The van der Waals surface area contributed by atoms with E-state index in [0.717, 1.165) is 5.56 Å². The van der Waals surface area contributed by atoms with Gasteiger partial charge < -0.3 is 10.1 Å². The number of nitrogens with one attached hydrogen (secondary N) is 1. The summed E-state index contributed by atoms with van der Waals surface area (Å²) in [7, 11) is 1.27. The molecular formula is C16H13FN2O2. The van der Waals surface area contributed by atoms with E-state index in [-0.39, 0.29) is 11.3 Å². The lowest BCUT2D eigenvalue weighted by molar-refractivity contribution is 0.0600. The van der Waals surface area contributed by atoms with E-state index in [2.05, 4.69) is 10.1 Å². The summed E-state index contributed by atoms with van der Waals surface area (Å²) in [4.78, 5) is 11.4. The van der Waals surface area contributed by atoms with E-state index in [0.29, 0.717) is 12.1 Å². The first-order valence-corrected chi connectivity index (χ1v) is 6.25. The van der Waals surface area contributed by atoms with Crippen LogP contribution < -0.4 is 5.32 Å². The summed E-state index contributed by atoms with van der Waals surface area (Å²) in [6, 6.07) is 13.0. The first-order valence-electron chi connectivity index (χ1n) is 6.25. The van der Waals surface area contributed by atoms with Gasteiger partial charge in [-0.25, -0.2) is 9.18 Å². The first kappa shape index (κ1) is 14.5. The molecule has 106 valence electrons. The van der Waals surface area contributed by atoms with Crippen LogP contribution in [0, 0.1) is 17.1 Å². The molecule has 0 saturated carbocycles. The minimum atomic E-state index is -0.524. The highest BCUT2D eigenvalue weighted by molar-refractivity contribution is 5.90. The van der Waals surface area contributed by atoms with Crippen molar-refractivity contribution in [2.24, 2.45) is 0 Å². The lowest BCUT2D eigenvalue weighted by Gasteiger charge is -2.09. The highest BCUT2D eigenvalue weighted by Gasteiger charge is 2.09. The molecule has 0 atom stereocenters. The lowest BCUT2D eigenvalue weighted by Crippen LogP contribution is -2.06. The maximum Gasteiger partial charge on any atom is 0.337 e. The van der Waals surface area contributed by atoms with Crippen molar-refractivity contribution in [1.29, 1.82) is 5.26 Å². The summed E-state index contributed by atoms with van der Waals surface area (Å²) in [6.07, 6.45) is 0. The van der Waals surface area contributed by atoms with Crippen LogP contribution in [-0.4, -0.2) is 13.1 Å². The van der Waals surface area contributed by atoms with Crippen molar-refractivity contribution in [3.8, 4) is 6.07 Å². The van der Waals surface area contributed by atoms with Crippen LogP contribution in [0.3, 0.4) is 0 Å². The Morgan fingerprint density at radius 3 is 2.86 bits per heavy atom. The molecule has 2 aromatic rings. The van der Waals surface area contributed by atoms with E-state index in [1.54, 1.807) is 18.2 Å². The fraction of sp³-hybridized carbons (Fsp3) is 0.125. The number of anilines is 1. The number of esters is 1. The van der Waals surface area contributed by atoms with Crippen LogP contribution in [0.1, 0.15) is 21.5 Å². The van der Waals surface area contributed by atoms with Crippen molar-refractivity contribution >= 4 is 11.7 Å². The van der Waals surface area contributed by atoms with Crippen LogP contribution in [0.5, 0.6) is 0 Å². The second kappa shape index (κ2) is 6.53. The van der Waals surface area contributed by atoms with Gasteiger partial charge >= 0.3 is 5.97 Å². The number of nitriles is 1. The SMILES string of the molecule is COC(=O)c1ccc(F)c(NCc2cccc(C#N)c2)c1. The predicted octanol–water partition coefficient (Wildman–Crippen LogP) is 3.10. The van der Waals surface area contributed by atoms with E-state index in [4.69, 9.17) is 5.26 Å². The zero-order valence-electron chi connectivity index (χ0n) is 11.4. The van der Waals surface area contributed by atoms with Gasteiger partial charge in [0.15, 0.2) is 0 Å². The van der Waals surface area contributed by atoms with Crippen molar-refractivity contribution in [2.45, 2.75) is 6.54 Å². The van der Waals surface area contributed by atoms with E-state index >= 15 is 0 Å². The number of benzene rings is 2.